The van der Waals surface area contributed by atoms with Gasteiger partial charge in [0.2, 0.25) is 11.8 Å². The first kappa shape index (κ1) is 51.1. The van der Waals surface area contributed by atoms with Crippen molar-refractivity contribution in [3.05, 3.63) is 70.8 Å². The summed E-state index contributed by atoms with van der Waals surface area (Å²) in [5.41, 5.74) is 8.24. The van der Waals surface area contributed by atoms with Crippen LogP contribution in [0, 0.1) is 11.3 Å². The minimum absolute atomic E-state index is 0.0215. The molecule has 70 heavy (non-hydrogen) atoms. The lowest BCUT2D eigenvalue weighted by Gasteiger charge is -2.43. The van der Waals surface area contributed by atoms with Gasteiger partial charge in [-0.3, -0.25) is 24.4 Å². The van der Waals surface area contributed by atoms with Gasteiger partial charge in [-0.05, 0) is 80.3 Å². The number of fused-ring (bicyclic) bond motifs is 7. The van der Waals surface area contributed by atoms with E-state index in [1.807, 2.05) is 32.2 Å². The summed E-state index contributed by atoms with van der Waals surface area (Å²) in [6, 6.07) is 7.61. The number of amides is 5. The average Bonchev–Trinajstić information content (AvgIpc) is 4.08. The molecule has 6 atom stereocenters. The van der Waals surface area contributed by atoms with Crippen LogP contribution >= 0.6 is 11.3 Å². The summed E-state index contributed by atoms with van der Waals surface area (Å²) in [4.78, 5) is 84.9. The summed E-state index contributed by atoms with van der Waals surface area (Å²) in [5.74, 6) is -1.56. The van der Waals surface area contributed by atoms with Gasteiger partial charge in [-0.15, -0.1) is 11.3 Å². The minimum atomic E-state index is -1.29. The molecule has 3 saturated heterocycles. The second-order valence-corrected chi connectivity index (χ2v) is 21.6. The number of hydrazine groups is 1. The summed E-state index contributed by atoms with van der Waals surface area (Å²) < 4.78 is 20.7. The van der Waals surface area contributed by atoms with Crippen LogP contribution in [0.3, 0.4) is 0 Å². The number of hydrogen-bond acceptors (Lipinski definition) is 12. The van der Waals surface area contributed by atoms with E-state index in [0.29, 0.717) is 50.6 Å². The van der Waals surface area contributed by atoms with E-state index in [2.05, 4.69) is 77.2 Å². The Balaban J connectivity index is 1.16. The normalized spacial score (nSPS) is 23.7. The standard InChI is InChI=1S/C51H66N9O8SSi/c1-10-42(61)59-20-21-68-40-26-57(25-39(40)59)49(65)56(8)44(30(3)4)46(62)54-36-23-41-53-37(27-69-41)32-15-16-38-34(22-32)35(45(58(38)11-2)33-14-12-18-52-43(33)31(5)66-9)24-50(6,7)28-67-29-51(48(64)70)17-13-19-60(55-51)47(36)63/h10,12,14-16,18,22,27,30-31,36,39-40,44,55H,1,11,13,17,19-21,23-26,28-29H2,2-9H3,(H,54,62)/t31-,36-,39-,40+,44-,51-/m0/s1. The van der Waals surface area contributed by atoms with Crippen molar-refractivity contribution in [3.63, 3.8) is 0 Å². The molecule has 4 aliphatic rings. The van der Waals surface area contributed by atoms with E-state index < -0.39 is 40.9 Å². The second-order valence-electron chi connectivity index (χ2n) is 20.2. The van der Waals surface area contributed by atoms with Gasteiger partial charge in [0.05, 0.1) is 66.7 Å². The number of ether oxygens (including phenoxy) is 3. The fourth-order valence-electron chi connectivity index (χ4n) is 10.8. The number of likely N-dealkylation sites (N-methyl/N-ethyl adjacent to an activating group) is 1. The maximum atomic E-state index is 14.9. The highest BCUT2D eigenvalue weighted by Gasteiger charge is 2.47. The fraction of sp³-hybridized carbons (Fsp3) is 0.549. The molecule has 3 fully saturated rings. The number of aromatic nitrogens is 3. The molecule has 0 spiro atoms. The quantitative estimate of drug-likeness (QED) is 0.163. The Kier molecular flexibility index (Phi) is 15.2. The van der Waals surface area contributed by atoms with Gasteiger partial charge in [-0.2, -0.15) is 0 Å². The molecule has 373 valence electrons. The molecule has 0 unspecified atom stereocenters. The molecule has 2 N–H and O–H groups in total. The van der Waals surface area contributed by atoms with Gasteiger partial charge in [0.15, 0.2) is 0 Å². The third-order valence-electron chi connectivity index (χ3n) is 14.3. The first-order valence-electron chi connectivity index (χ1n) is 24.3. The monoisotopic (exact) mass is 992 g/mol. The maximum absolute atomic E-state index is 14.9. The lowest BCUT2D eigenvalue weighted by atomic mass is 9.84. The van der Waals surface area contributed by atoms with Crippen molar-refractivity contribution in [3.8, 4) is 22.5 Å². The predicted molar refractivity (Wildman–Crippen MR) is 268 cm³/mol. The number of methoxy groups -OCH3 is 1. The molecule has 3 aromatic heterocycles. The van der Waals surface area contributed by atoms with E-state index in [4.69, 9.17) is 24.2 Å². The number of urea groups is 1. The van der Waals surface area contributed by atoms with Crippen molar-refractivity contribution in [2.45, 2.75) is 110 Å². The van der Waals surface area contributed by atoms with Crippen LogP contribution in [0.15, 0.2) is 54.6 Å². The number of nitrogens with one attached hydrogen (secondary N) is 2. The zero-order valence-corrected chi connectivity index (χ0v) is 43.4. The predicted octanol–water partition coefficient (Wildman–Crippen LogP) is 4.92. The number of thiazole rings is 1. The molecule has 0 aliphatic carbocycles. The number of benzene rings is 1. The van der Waals surface area contributed by atoms with E-state index in [0.717, 1.165) is 44.7 Å². The molecule has 0 saturated carbocycles. The van der Waals surface area contributed by atoms with Crippen LogP contribution in [0.4, 0.5) is 4.79 Å². The highest BCUT2D eigenvalue weighted by molar-refractivity contribution is 7.10. The first-order chi connectivity index (χ1) is 33.4. The third kappa shape index (κ3) is 9.97. The van der Waals surface area contributed by atoms with Gasteiger partial charge >= 0.3 is 6.03 Å². The van der Waals surface area contributed by atoms with E-state index in [-0.39, 0.29) is 68.1 Å². The molecule has 7 heterocycles. The molecule has 4 aromatic rings. The van der Waals surface area contributed by atoms with Crippen molar-refractivity contribution in [2.24, 2.45) is 11.3 Å². The number of morpholine rings is 1. The van der Waals surface area contributed by atoms with Crippen molar-refractivity contribution in [1.29, 1.82) is 0 Å². The summed E-state index contributed by atoms with van der Waals surface area (Å²) >= 11 is 1.40. The zero-order chi connectivity index (χ0) is 50.2. The lowest BCUT2D eigenvalue weighted by molar-refractivity contribution is -0.148. The van der Waals surface area contributed by atoms with E-state index in [9.17, 15) is 24.0 Å². The van der Waals surface area contributed by atoms with Crippen LogP contribution in [0.25, 0.3) is 33.4 Å². The largest absolute Gasteiger partial charge is 0.378 e. The molecule has 4 aliphatic heterocycles. The van der Waals surface area contributed by atoms with Crippen molar-refractivity contribution < 1.29 is 38.2 Å². The molecule has 8 rings (SSSR count). The second kappa shape index (κ2) is 20.8. The van der Waals surface area contributed by atoms with Gasteiger partial charge in [0, 0.05) is 80.4 Å². The van der Waals surface area contributed by atoms with Crippen LogP contribution in [-0.2, 0) is 52.8 Å². The summed E-state index contributed by atoms with van der Waals surface area (Å²) in [6.07, 6.45) is 3.99. The number of nitrogens with zero attached hydrogens (tertiary/aromatic N) is 7. The minimum Gasteiger partial charge on any atom is -0.378 e. The number of aryl methyl sites for hydroxylation is 1. The van der Waals surface area contributed by atoms with Crippen molar-refractivity contribution in [2.75, 3.05) is 60.2 Å². The molecular weight excluding hydrogens is 927 g/mol. The maximum Gasteiger partial charge on any atom is 0.320 e. The van der Waals surface area contributed by atoms with Crippen molar-refractivity contribution >= 4 is 61.6 Å². The Bertz CT molecular complexity index is 2650. The first-order valence-corrected chi connectivity index (χ1v) is 25.7. The number of rotatable bonds is 10. The molecule has 3 radical (unpaired) electrons. The Hall–Kier alpha value is -5.31. The molecule has 6 bridgehead atoms. The van der Waals surface area contributed by atoms with E-state index in [1.165, 1.54) is 27.3 Å². The molecular formula is C51H66N9O8SSi. The van der Waals surface area contributed by atoms with E-state index in [1.54, 1.807) is 30.2 Å². The zero-order valence-electron chi connectivity index (χ0n) is 41.6. The average molecular weight is 993 g/mol. The summed E-state index contributed by atoms with van der Waals surface area (Å²) in [5, 5.41) is 7.77. The van der Waals surface area contributed by atoms with Crippen molar-refractivity contribution in [1.82, 2.24) is 45.0 Å². The summed E-state index contributed by atoms with van der Waals surface area (Å²) in [6.45, 7) is 18.3. The molecule has 17 nitrogen and oxygen atoms in total. The topological polar surface area (TPSA) is 181 Å². The smallest absolute Gasteiger partial charge is 0.320 e. The van der Waals surface area contributed by atoms with E-state index >= 15 is 0 Å². The number of pyridine rings is 1. The Morgan fingerprint density at radius 3 is 2.64 bits per heavy atom. The highest BCUT2D eigenvalue weighted by atomic mass is 32.1. The highest BCUT2D eigenvalue weighted by Crippen LogP contribution is 2.42. The Morgan fingerprint density at radius 1 is 1.14 bits per heavy atom. The van der Waals surface area contributed by atoms with Crippen LogP contribution in [0.5, 0.6) is 0 Å². The van der Waals surface area contributed by atoms with Crippen LogP contribution in [-0.4, -0.2) is 164 Å². The Labute approximate surface area is 417 Å². The van der Waals surface area contributed by atoms with Gasteiger partial charge in [0.1, 0.15) is 33.3 Å². The number of carbonyl (C=O) groups excluding carboxylic acids is 5. The number of carbonyl (C=O) groups is 5. The summed E-state index contributed by atoms with van der Waals surface area (Å²) in [7, 11) is 6.61. The van der Waals surface area contributed by atoms with Gasteiger partial charge in [-0.1, -0.05) is 40.3 Å². The third-order valence-corrected chi connectivity index (χ3v) is 15.7. The van der Waals surface area contributed by atoms with Gasteiger partial charge < -0.3 is 43.6 Å². The van der Waals surface area contributed by atoms with Gasteiger partial charge in [-0.25, -0.2) is 15.2 Å². The van der Waals surface area contributed by atoms with Crippen LogP contribution < -0.4 is 10.7 Å². The number of likely N-dealkylation sites (tertiary alicyclic amines) is 1. The van der Waals surface area contributed by atoms with Gasteiger partial charge in [0.25, 0.3) is 5.91 Å². The number of hydrogen-bond donors (Lipinski definition) is 2. The lowest BCUT2D eigenvalue weighted by Crippen LogP contribution is -2.68. The van der Waals surface area contributed by atoms with Crippen LogP contribution in [0.2, 0.25) is 0 Å². The van der Waals surface area contributed by atoms with Crippen LogP contribution in [0.1, 0.15) is 76.8 Å². The SMILES string of the molecule is C=CC(=O)N1CCO[C@@H]2CN(C(=O)N(C)[C@H](C(=O)N[C@H]3Cc4nc(cs4)-c4ccc5c(c4)c(c(-c4cccnc4[C@H](C)OC)n5CC)CC(C)(C)COC[C@]4(C(=O)[Si])CCCN(N4)C3=O)C(C)C)C[C@@H]21. The Morgan fingerprint density at radius 2 is 1.93 bits per heavy atom. The fourth-order valence-corrected chi connectivity index (χ4v) is 11.9. The molecule has 19 heteroatoms. The molecule has 1 aromatic carbocycles. The molecule has 5 amide bonds.